The van der Waals surface area contributed by atoms with Gasteiger partial charge in [-0.2, -0.15) is 0 Å². The predicted octanol–water partition coefficient (Wildman–Crippen LogP) is 6.88. The van der Waals surface area contributed by atoms with Crippen molar-refractivity contribution in [1.29, 1.82) is 0 Å². The average Bonchev–Trinajstić information content (AvgIpc) is 1.73. The van der Waals surface area contributed by atoms with Gasteiger partial charge in [0, 0.05) is 131 Å². The molecule has 12 rings (SSSR count). The van der Waals surface area contributed by atoms with Crippen LogP contribution in [0.3, 0.4) is 0 Å². The van der Waals surface area contributed by atoms with Gasteiger partial charge in [-0.15, -0.1) is 0 Å². The van der Waals surface area contributed by atoms with Crippen LogP contribution >= 0.6 is 0 Å². The standard InChI is InChI=1S/C31H36FN5O4Si.C31H34FN5O4Si.B.Na.H/c2*1-42(2,3)17-16-40-20-37-28-23-6-4-5-7-26(23)41-31(39)27(28)34-30(37)25(38)19-35-12-14-36(15-13-35)29-24-18-22(32)9-8-21(24)10-11-33-29;;;/h4-11,18,25,38H,12-17,19-20H2,1-3H3;4-11,18H,12-17,19-20H2,1-3H3;;;/q;;;+1;-1. The number of rotatable bonds is 18. The number of hydrogen-bond donors (Lipinski definition) is 1. The summed E-state index contributed by atoms with van der Waals surface area (Å²) in [6.07, 6.45) is 2.54. The van der Waals surface area contributed by atoms with Crippen molar-refractivity contribution in [1.82, 2.24) is 38.9 Å². The number of aliphatic hydroxyl groups is 1. The molecule has 2 aliphatic rings. The Bertz CT molecular complexity index is 4190. The first-order chi connectivity index (χ1) is 40.4. The van der Waals surface area contributed by atoms with E-state index >= 15 is 0 Å². The molecule has 18 nitrogen and oxygen atoms in total. The second-order valence-electron chi connectivity index (χ2n) is 24.1. The van der Waals surface area contributed by atoms with E-state index < -0.39 is 33.5 Å². The minimum absolute atomic E-state index is 0. The predicted molar refractivity (Wildman–Crippen MR) is 337 cm³/mol. The van der Waals surface area contributed by atoms with E-state index in [9.17, 15) is 28.3 Å². The van der Waals surface area contributed by atoms with Gasteiger partial charge < -0.3 is 39.2 Å². The number of carbonyl (C=O) groups is 1. The van der Waals surface area contributed by atoms with E-state index in [4.69, 9.17) is 18.3 Å². The number of hydrogen-bond acceptors (Lipinski definition) is 16. The van der Waals surface area contributed by atoms with E-state index in [1.54, 1.807) is 47.3 Å². The van der Waals surface area contributed by atoms with Crippen LogP contribution < -0.4 is 50.6 Å². The number of nitrogens with zero attached hydrogens (tertiary/aromatic N) is 10. The van der Waals surface area contributed by atoms with Gasteiger partial charge in [0.1, 0.15) is 59.8 Å². The number of piperazine rings is 2. The molecule has 1 N–H and O–H groups in total. The number of imidazole rings is 2. The molecule has 0 amide bonds. The van der Waals surface area contributed by atoms with E-state index in [1.807, 2.05) is 47.0 Å². The summed E-state index contributed by atoms with van der Waals surface area (Å²) in [5, 5.41) is 16.4. The summed E-state index contributed by atoms with van der Waals surface area (Å²) in [4.78, 5) is 66.3. The van der Waals surface area contributed by atoms with Crippen LogP contribution in [0.2, 0.25) is 51.4 Å². The SMILES string of the molecule is C[Si](C)(C)CCOCn1c(C(=O)CN2CCN(c3nccc4ccc(F)cc34)CC2)nc2c(=O)oc3ccccc3c21.C[Si](C)(C)CCOCn1c(C(O)CN2CCN(c3nccc4ccc(F)cc34)CC2)nc2c(=O)oc3ccccc3c21.[B].[H-].[Na+]. The first-order valence-corrected chi connectivity index (χ1v) is 36.0. The molecule has 24 heteroatoms. The Kier molecular flexibility index (Phi) is 20.3. The molecule has 3 radical (unpaired) electrons. The maximum Gasteiger partial charge on any atom is 1.00 e. The van der Waals surface area contributed by atoms with Crippen LogP contribution in [-0.2, 0) is 22.9 Å². The maximum absolute atomic E-state index is 14.0. The molecule has 2 fully saturated rings. The third kappa shape index (κ3) is 14.4. The minimum Gasteiger partial charge on any atom is -1.00 e. The Balaban J connectivity index is 0.000000218. The number of aliphatic hydroxyl groups excluding tert-OH is 1. The largest absolute Gasteiger partial charge is 1.00 e. The zero-order chi connectivity index (χ0) is 58.9. The molecule has 1 unspecified atom stereocenters. The van der Waals surface area contributed by atoms with Crippen molar-refractivity contribution < 1.29 is 68.0 Å². The zero-order valence-corrected chi connectivity index (χ0v) is 53.9. The van der Waals surface area contributed by atoms with Gasteiger partial charge in [-0.05, 0) is 83.5 Å². The number of benzene rings is 4. The van der Waals surface area contributed by atoms with Gasteiger partial charge in [0.05, 0.1) is 17.6 Å². The number of ether oxygens (including phenoxy) is 2. The summed E-state index contributed by atoms with van der Waals surface area (Å²) in [5.74, 6) is 1.31. The van der Waals surface area contributed by atoms with Crippen LogP contribution in [0.15, 0.2) is 128 Å². The molecular weight excluding hydrogens is 1140 g/mol. The molecule has 0 saturated carbocycles. The van der Waals surface area contributed by atoms with Gasteiger partial charge in [-0.25, -0.2) is 38.3 Å². The first kappa shape index (κ1) is 64.0. The number of ketones is 1. The third-order valence-corrected chi connectivity index (χ3v) is 19.0. The van der Waals surface area contributed by atoms with Crippen molar-refractivity contribution in [3.05, 3.63) is 154 Å². The summed E-state index contributed by atoms with van der Waals surface area (Å²) in [5.41, 5.74) is 1.28. The van der Waals surface area contributed by atoms with Gasteiger partial charge in [0.2, 0.25) is 5.78 Å². The summed E-state index contributed by atoms with van der Waals surface area (Å²) < 4.78 is 54.8. The molecule has 0 aliphatic carbocycles. The second-order valence-corrected chi connectivity index (χ2v) is 35.4. The summed E-state index contributed by atoms with van der Waals surface area (Å²) >= 11 is 0. The number of pyridine rings is 2. The molecule has 443 valence electrons. The number of fused-ring (bicyclic) bond motifs is 8. The van der Waals surface area contributed by atoms with E-state index in [-0.39, 0.29) is 93.7 Å². The zero-order valence-electron chi connectivity index (χ0n) is 50.9. The fourth-order valence-electron chi connectivity index (χ4n) is 11.0. The van der Waals surface area contributed by atoms with E-state index in [2.05, 4.69) is 78.8 Å². The van der Waals surface area contributed by atoms with Crippen molar-refractivity contribution in [3.63, 3.8) is 0 Å². The first-order valence-electron chi connectivity index (χ1n) is 28.6. The Morgan fingerprint density at radius 2 is 1.07 bits per heavy atom. The molecule has 0 bridgehead atoms. The van der Waals surface area contributed by atoms with Crippen LogP contribution in [0.25, 0.3) is 65.6 Å². The second kappa shape index (κ2) is 27.3. The number of anilines is 2. The van der Waals surface area contributed by atoms with Crippen molar-refractivity contribution in [2.45, 2.75) is 70.9 Å². The number of Topliss-reactive ketones (excluding diaryl/α,β-unsaturated/α-hetero) is 1. The number of carbonyl (C=O) groups excluding carboxylic acids is 1. The number of para-hydroxylation sites is 2. The molecule has 8 heterocycles. The smallest absolute Gasteiger partial charge is 1.00 e. The topological polar surface area (TPSA) is 191 Å². The van der Waals surface area contributed by atoms with Gasteiger partial charge in [-0.3, -0.25) is 19.2 Å². The Morgan fingerprint density at radius 1 is 0.616 bits per heavy atom. The Hall–Kier alpha value is -6.51. The van der Waals surface area contributed by atoms with Crippen molar-refractivity contribution in [2.75, 3.05) is 88.5 Å². The fraction of sp³-hybridized carbons (Fsp3) is 0.371. The van der Waals surface area contributed by atoms with E-state index in [0.717, 1.165) is 50.7 Å². The molecule has 0 spiro atoms. The Morgan fingerprint density at radius 3 is 1.57 bits per heavy atom. The average molecular weight is 1210 g/mol. The van der Waals surface area contributed by atoms with Gasteiger partial charge in [-0.1, -0.05) is 75.7 Å². The Labute approximate surface area is 524 Å². The summed E-state index contributed by atoms with van der Waals surface area (Å²) in [6.45, 7) is 20.9. The van der Waals surface area contributed by atoms with E-state index in [1.165, 1.54) is 24.3 Å². The van der Waals surface area contributed by atoms with Crippen molar-refractivity contribution >= 4 is 108 Å². The summed E-state index contributed by atoms with van der Waals surface area (Å²) in [6, 6.07) is 29.9. The van der Waals surface area contributed by atoms with E-state index in [0.29, 0.717) is 106 Å². The summed E-state index contributed by atoms with van der Waals surface area (Å²) in [7, 11) is -2.61. The normalized spacial score (nSPS) is 14.9. The molecule has 2 saturated heterocycles. The van der Waals surface area contributed by atoms with Crippen LogP contribution in [-0.4, -0.2) is 153 Å². The van der Waals surface area contributed by atoms with Crippen molar-refractivity contribution in [2.24, 2.45) is 0 Å². The quantitative estimate of drug-likeness (QED) is 0.0405. The van der Waals surface area contributed by atoms with Crippen LogP contribution in [0.5, 0.6) is 0 Å². The molecule has 1 atom stereocenters. The maximum atomic E-state index is 14.0. The number of β-amino-alcohol motifs (C(OH)–C–C–N with tert-alkyl or cyclic N) is 1. The van der Waals surface area contributed by atoms with Crippen LogP contribution in [0.1, 0.15) is 24.0 Å². The molecular formula is C62H71BF2N10NaO8Si2. The monoisotopic (exact) mass is 1210 g/mol. The minimum atomic E-state index is -1.31. The van der Waals surface area contributed by atoms with Crippen molar-refractivity contribution in [3.8, 4) is 0 Å². The van der Waals surface area contributed by atoms with Gasteiger partial charge >= 0.3 is 40.8 Å². The van der Waals surface area contributed by atoms with Gasteiger partial charge in [0.15, 0.2) is 16.9 Å². The van der Waals surface area contributed by atoms with Crippen LogP contribution in [0.4, 0.5) is 20.4 Å². The fourth-order valence-corrected chi connectivity index (χ4v) is 12.5. The number of halogens is 2. The van der Waals surface area contributed by atoms with Gasteiger partial charge in [0.25, 0.3) is 0 Å². The van der Waals surface area contributed by atoms with Crippen LogP contribution in [0, 0.1) is 11.6 Å². The number of aromatic nitrogens is 6. The molecule has 10 aromatic rings. The molecule has 2 aliphatic heterocycles. The third-order valence-electron chi connectivity index (χ3n) is 15.6. The molecule has 6 aromatic heterocycles. The molecule has 4 aromatic carbocycles. The molecule has 86 heavy (non-hydrogen) atoms.